The maximum absolute atomic E-state index is 11.8. The highest BCUT2D eigenvalue weighted by molar-refractivity contribution is 6.32. The fraction of sp³-hybridized carbons (Fsp3) is 0.429. The molecule has 1 fully saturated rings. The molecular weight excluding hydrogens is 264 g/mol. The minimum absolute atomic E-state index is 0.222. The quantitative estimate of drug-likeness (QED) is 0.781. The number of halogens is 1. The smallest absolute Gasteiger partial charge is 0.328 e. The van der Waals surface area contributed by atoms with Crippen LogP contribution >= 0.6 is 11.6 Å². The number of nitrogens with zero attached hydrogens (tertiary/aromatic N) is 2. The molecule has 1 aliphatic rings. The number of nitriles is 1. The second kappa shape index (κ2) is 5.94. The average molecular weight is 279 g/mol. The van der Waals surface area contributed by atoms with Crippen molar-refractivity contribution < 1.29 is 9.53 Å². The van der Waals surface area contributed by atoms with Gasteiger partial charge in [0.15, 0.2) is 0 Å². The number of carbonyl (C=O) groups excluding carboxylic acids is 1. The second-order valence-electron chi connectivity index (χ2n) is 4.50. The van der Waals surface area contributed by atoms with Gasteiger partial charge in [0.25, 0.3) is 0 Å². The molecule has 0 bridgehead atoms. The highest BCUT2D eigenvalue weighted by atomic mass is 35.5. The molecule has 0 spiro atoms. The molecule has 2 rings (SSSR count). The van der Waals surface area contributed by atoms with Gasteiger partial charge in [0.05, 0.1) is 17.7 Å². The molecule has 19 heavy (non-hydrogen) atoms. The molecule has 1 heterocycles. The summed E-state index contributed by atoms with van der Waals surface area (Å²) in [7, 11) is 1.40. The number of benzene rings is 1. The topological polar surface area (TPSA) is 53.3 Å². The molecule has 0 radical (unpaired) electrons. The first kappa shape index (κ1) is 13.7. The third-order valence-corrected chi connectivity index (χ3v) is 3.69. The molecule has 5 heteroatoms. The Morgan fingerprint density at radius 2 is 2.32 bits per heavy atom. The van der Waals surface area contributed by atoms with E-state index in [0.29, 0.717) is 10.6 Å². The minimum Gasteiger partial charge on any atom is -0.467 e. The van der Waals surface area contributed by atoms with Crippen molar-refractivity contribution >= 4 is 23.3 Å². The van der Waals surface area contributed by atoms with E-state index in [1.54, 1.807) is 12.1 Å². The van der Waals surface area contributed by atoms with Crippen molar-refractivity contribution in [3.8, 4) is 6.07 Å². The Balaban J connectivity index is 2.30. The van der Waals surface area contributed by atoms with Crippen LogP contribution in [0.15, 0.2) is 18.2 Å². The lowest BCUT2D eigenvalue weighted by atomic mass is 10.0. The third kappa shape index (κ3) is 2.82. The van der Waals surface area contributed by atoms with Crippen LogP contribution in [0.3, 0.4) is 0 Å². The summed E-state index contributed by atoms with van der Waals surface area (Å²) < 4.78 is 4.85. The summed E-state index contributed by atoms with van der Waals surface area (Å²) in [5.74, 6) is -0.222. The van der Waals surface area contributed by atoms with Crippen molar-refractivity contribution in [1.82, 2.24) is 0 Å². The summed E-state index contributed by atoms with van der Waals surface area (Å²) in [4.78, 5) is 13.8. The zero-order valence-corrected chi connectivity index (χ0v) is 11.5. The molecule has 100 valence electrons. The third-order valence-electron chi connectivity index (χ3n) is 3.38. The highest BCUT2D eigenvalue weighted by Crippen LogP contribution is 2.29. The Morgan fingerprint density at radius 1 is 1.53 bits per heavy atom. The van der Waals surface area contributed by atoms with Gasteiger partial charge in [-0.3, -0.25) is 0 Å². The monoisotopic (exact) mass is 278 g/mol. The van der Waals surface area contributed by atoms with Crippen LogP contribution in [0.2, 0.25) is 5.02 Å². The molecule has 1 aliphatic heterocycles. The fourth-order valence-electron chi connectivity index (χ4n) is 2.40. The van der Waals surface area contributed by atoms with E-state index in [0.717, 1.165) is 31.5 Å². The summed E-state index contributed by atoms with van der Waals surface area (Å²) in [6, 6.07) is 7.01. The second-order valence-corrected chi connectivity index (χ2v) is 4.91. The summed E-state index contributed by atoms with van der Waals surface area (Å²) in [6.45, 7) is 0.794. The van der Waals surface area contributed by atoms with Crippen molar-refractivity contribution in [2.45, 2.75) is 25.3 Å². The SMILES string of the molecule is COC(=O)C1CCCCN1c1ccc(C#N)c(Cl)c1. The van der Waals surface area contributed by atoms with Gasteiger partial charge in [-0.15, -0.1) is 0 Å². The lowest BCUT2D eigenvalue weighted by Crippen LogP contribution is -2.45. The first-order valence-electron chi connectivity index (χ1n) is 6.21. The van der Waals surface area contributed by atoms with Crippen LogP contribution in [0.1, 0.15) is 24.8 Å². The van der Waals surface area contributed by atoms with Gasteiger partial charge in [0.2, 0.25) is 0 Å². The summed E-state index contributed by atoms with van der Waals surface area (Å²) >= 11 is 6.04. The maximum atomic E-state index is 11.8. The largest absolute Gasteiger partial charge is 0.467 e. The van der Waals surface area contributed by atoms with Crippen LogP contribution in [-0.2, 0) is 9.53 Å². The Bertz CT molecular complexity index is 525. The number of esters is 1. The van der Waals surface area contributed by atoms with Gasteiger partial charge in [-0.25, -0.2) is 4.79 Å². The highest BCUT2D eigenvalue weighted by Gasteiger charge is 2.29. The molecule has 1 aromatic rings. The Morgan fingerprint density at radius 3 is 2.95 bits per heavy atom. The molecule has 1 atom stereocenters. The fourth-order valence-corrected chi connectivity index (χ4v) is 2.61. The number of anilines is 1. The van der Waals surface area contributed by atoms with Gasteiger partial charge in [-0.05, 0) is 37.5 Å². The van der Waals surface area contributed by atoms with Crippen LogP contribution in [-0.4, -0.2) is 25.7 Å². The van der Waals surface area contributed by atoms with E-state index in [1.807, 2.05) is 17.0 Å². The Hall–Kier alpha value is -1.73. The minimum atomic E-state index is -0.261. The predicted molar refractivity (Wildman–Crippen MR) is 73.2 cm³/mol. The van der Waals surface area contributed by atoms with Crippen molar-refractivity contribution in [1.29, 1.82) is 5.26 Å². The van der Waals surface area contributed by atoms with Gasteiger partial charge in [0, 0.05) is 12.2 Å². The normalized spacial score (nSPS) is 18.8. The number of rotatable bonds is 2. The van der Waals surface area contributed by atoms with E-state index in [2.05, 4.69) is 0 Å². The van der Waals surface area contributed by atoms with E-state index in [-0.39, 0.29) is 12.0 Å². The van der Waals surface area contributed by atoms with Gasteiger partial charge in [-0.2, -0.15) is 5.26 Å². The van der Waals surface area contributed by atoms with E-state index >= 15 is 0 Å². The molecule has 1 unspecified atom stereocenters. The number of hydrogen-bond acceptors (Lipinski definition) is 4. The molecule has 0 aromatic heterocycles. The van der Waals surface area contributed by atoms with Gasteiger partial charge < -0.3 is 9.64 Å². The predicted octanol–water partition coefficient (Wildman–Crippen LogP) is 2.74. The first-order chi connectivity index (χ1) is 9.17. The lowest BCUT2D eigenvalue weighted by molar-refractivity contribution is -0.142. The zero-order chi connectivity index (χ0) is 13.8. The molecule has 1 saturated heterocycles. The Labute approximate surface area is 117 Å². The number of piperidine rings is 1. The number of hydrogen-bond donors (Lipinski definition) is 0. The number of carbonyl (C=O) groups is 1. The summed E-state index contributed by atoms with van der Waals surface area (Å²) in [5, 5.41) is 9.29. The first-order valence-corrected chi connectivity index (χ1v) is 6.59. The molecule has 0 saturated carbocycles. The Kier molecular flexibility index (Phi) is 4.28. The zero-order valence-electron chi connectivity index (χ0n) is 10.7. The van der Waals surface area contributed by atoms with Crippen LogP contribution in [0.25, 0.3) is 0 Å². The van der Waals surface area contributed by atoms with Crippen LogP contribution in [0.5, 0.6) is 0 Å². The van der Waals surface area contributed by atoms with Gasteiger partial charge >= 0.3 is 5.97 Å². The molecule has 0 aliphatic carbocycles. The summed E-state index contributed by atoms with van der Waals surface area (Å²) in [5.41, 5.74) is 1.30. The molecule has 4 nitrogen and oxygen atoms in total. The molecule has 0 amide bonds. The van der Waals surface area contributed by atoms with Crippen LogP contribution < -0.4 is 4.90 Å². The standard InChI is InChI=1S/C14H15ClN2O2/c1-19-14(18)13-4-2-3-7-17(13)11-6-5-10(9-16)12(15)8-11/h5-6,8,13H,2-4,7H2,1H3. The maximum Gasteiger partial charge on any atom is 0.328 e. The lowest BCUT2D eigenvalue weighted by Gasteiger charge is -2.35. The van der Waals surface area contributed by atoms with Crippen LogP contribution in [0.4, 0.5) is 5.69 Å². The van der Waals surface area contributed by atoms with Gasteiger partial charge in [0.1, 0.15) is 12.1 Å². The average Bonchev–Trinajstić information content (AvgIpc) is 2.46. The summed E-state index contributed by atoms with van der Waals surface area (Å²) in [6.07, 6.45) is 2.83. The van der Waals surface area contributed by atoms with Crippen molar-refractivity contribution in [3.63, 3.8) is 0 Å². The molecule has 1 aromatic carbocycles. The number of ether oxygens (including phenoxy) is 1. The van der Waals surface area contributed by atoms with E-state index in [4.69, 9.17) is 21.6 Å². The molecular formula is C14H15ClN2O2. The van der Waals surface area contributed by atoms with Crippen molar-refractivity contribution in [2.24, 2.45) is 0 Å². The molecule has 0 N–H and O–H groups in total. The van der Waals surface area contributed by atoms with E-state index in [1.165, 1.54) is 7.11 Å². The van der Waals surface area contributed by atoms with Crippen LogP contribution in [0, 0.1) is 11.3 Å². The number of methoxy groups -OCH3 is 1. The van der Waals surface area contributed by atoms with E-state index in [9.17, 15) is 4.79 Å². The van der Waals surface area contributed by atoms with Crippen molar-refractivity contribution in [2.75, 3.05) is 18.6 Å². The van der Waals surface area contributed by atoms with Crippen molar-refractivity contribution in [3.05, 3.63) is 28.8 Å². The van der Waals surface area contributed by atoms with Gasteiger partial charge in [-0.1, -0.05) is 11.6 Å². The van der Waals surface area contributed by atoms with E-state index < -0.39 is 0 Å².